The average molecular weight is 209 g/mol. The normalized spacial score (nSPS) is 19.9. The van der Waals surface area contributed by atoms with Crippen LogP contribution in [-0.2, 0) is 0 Å². The standard InChI is InChI=1S/C9H14Cl2O/c1-4-7(10)9(6(3)12)8(11)5-2/h4-7,9,12H,1H2,2-3H3/b8-5+. The fourth-order valence-corrected chi connectivity index (χ4v) is 1.72. The van der Waals surface area contributed by atoms with Crippen molar-refractivity contribution in [3.8, 4) is 0 Å². The Labute approximate surface area is 83.7 Å². The molecule has 0 saturated heterocycles. The second-order valence-electron chi connectivity index (χ2n) is 2.62. The summed E-state index contributed by atoms with van der Waals surface area (Å²) in [6.07, 6.45) is 2.75. The smallest absolute Gasteiger partial charge is 0.0615 e. The fourth-order valence-electron chi connectivity index (χ4n) is 0.988. The number of allylic oxidation sites excluding steroid dienone is 2. The average Bonchev–Trinajstić information content (AvgIpc) is 2.03. The van der Waals surface area contributed by atoms with Gasteiger partial charge in [0.25, 0.3) is 0 Å². The highest BCUT2D eigenvalue weighted by molar-refractivity contribution is 6.31. The second-order valence-corrected chi connectivity index (χ2v) is 3.56. The van der Waals surface area contributed by atoms with Crippen molar-refractivity contribution in [2.45, 2.75) is 25.3 Å². The molecular formula is C9H14Cl2O. The molecular weight excluding hydrogens is 195 g/mol. The van der Waals surface area contributed by atoms with Crippen molar-refractivity contribution in [1.29, 1.82) is 0 Å². The monoisotopic (exact) mass is 208 g/mol. The largest absolute Gasteiger partial charge is 0.393 e. The third-order valence-corrected chi connectivity index (χ3v) is 2.60. The highest BCUT2D eigenvalue weighted by atomic mass is 35.5. The summed E-state index contributed by atoms with van der Waals surface area (Å²) in [6.45, 7) is 7.02. The van der Waals surface area contributed by atoms with Gasteiger partial charge >= 0.3 is 0 Å². The molecule has 0 spiro atoms. The van der Waals surface area contributed by atoms with Gasteiger partial charge in [0, 0.05) is 11.0 Å². The lowest BCUT2D eigenvalue weighted by Crippen LogP contribution is -2.25. The van der Waals surface area contributed by atoms with Crippen LogP contribution >= 0.6 is 23.2 Å². The summed E-state index contributed by atoms with van der Waals surface area (Å²) >= 11 is 11.8. The zero-order chi connectivity index (χ0) is 9.72. The number of rotatable bonds is 4. The Morgan fingerprint density at radius 1 is 1.58 bits per heavy atom. The molecule has 0 amide bonds. The number of aliphatic hydroxyl groups excluding tert-OH is 1. The summed E-state index contributed by atoms with van der Waals surface area (Å²) in [5.74, 6) is -0.254. The molecule has 0 aliphatic rings. The van der Waals surface area contributed by atoms with E-state index in [4.69, 9.17) is 23.2 Å². The van der Waals surface area contributed by atoms with Crippen molar-refractivity contribution < 1.29 is 5.11 Å². The lowest BCUT2D eigenvalue weighted by Gasteiger charge is -2.21. The zero-order valence-corrected chi connectivity index (χ0v) is 8.81. The molecule has 3 atom stereocenters. The van der Waals surface area contributed by atoms with E-state index in [9.17, 15) is 5.11 Å². The van der Waals surface area contributed by atoms with Crippen LogP contribution in [0.4, 0.5) is 0 Å². The number of hydrogen-bond acceptors (Lipinski definition) is 1. The Bertz CT molecular complexity index is 175. The minimum Gasteiger partial charge on any atom is -0.393 e. The molecule has 0 bridgehead atoms. The summed E-state index contributed by atoms with van der Waals surface area (Å²) in [5, 5.41) is 9.61. The van der Waals surface area contributed by atoms with Crippen LogP contribution in [0.15, 0.2) is 23.8 Å². The first-order valence-corrected chi connectivity index (χ1v) is 4.62. The molecule has 70 valence electrons. The highest BCUT2D eigenvalue weighted by Crippen LogP contribution is 2.27. The molecule has 0 aromatic heterocycles. The van der Waals surface area contributed by atoms with Crippen molar-refractivity contribution >= 4 is 23.2 Å². The van der Waals surface area contributed by atoms with E-state index in [0.717, 1.165) is 0 Å². The third kappa shape index (κ3) is 3.18. The fraction of sp³-hybridized carbons (Fsp3) is 0.556. The lowest BCUT2D eigenvalue weighted by molar-refractivity contribution is 0.149. The van der Waals surface area contributed by atoms with Crippen LogP contribution in [0.3, 0.4) is 0 Å². The molecule has 0 aliphatic carbocycles. The highest BCUT2D eigenvalue weighted by Gasteiger charge is 2.24. The Hall–Kier alpha value is 0.0200. The Balaban J connectivity index is 4.54. The molecule has 0 fully saturated rings. The van der Waals surface area contributed by atoms with E-state index in [1.807, 2.05) is 6.92 Å². The van der Waals surface area contributed by atoms with Gasteiger partial charge in [-0.1, -0.05) is 23.8 Å². The van der Waals surface area contributed by atoms with Crippen molar-refractivity contribution in [3.63, 3.8) is 0 Å². The maximum absolute atomic E-state index is 9.36. The molecule has 12 heavy (non-hydrogen) atoms. The van der Waals surface area contributed by atoms with Crippen LogP contribution < -0.4 is 0 Å². The van der Waals surface area contributed by atoms with E-state index in [1.54, 1.807) is 19.1 Å². The van der Waals surface area contributed by atoms with Gasteiger partial charge in [-0.25, -0.2) is 0 Å². The molecule has 0 saturated carbocycles. The van der Waals surface area contributed by atoms with E-state index >= 15 is 0 Å². The second kappa shape index (κ2) is 5.63. The van der Waals surface area contributed by atoms with Gasteiger partial charge in [0.15, 0.2) is 0 Å². The van der Waals surface area contributed by atoms with Crippen molar-refractivity contribution in [3.05, 3.63) is 23.8 Å². The lowest BCUT2D eigenvalue weighted by atomic mass is 9.98. The molecule has 1 nitrogen and oxygen atoms in total. The number of aliphatic hydroxyl groups is 1. The van der Waals surface area contributed by atoms with Gasteiger partial charge in [0.1, 0.15) is 0 Å². The van der Waals surface area contributed by atoms with Crippen LogP contribution in [0.25, 0.3) is 0 Å². The molecule has 0 radical (unpaired) electrons. The first-order chi connectivity index (χ1) is 5.54. The van der Waals surface area contributed by atoms with Gasteiger partial charge in [-0.15, -0.1) is 18.2 Å². The first kappa shape index (κ1) is 12.0. The summed E-state index contributed by atoms with van der Waals surface area (Å²) in [5.41, 5.74) is 0. The van der Waals surface area contributed by atoms with Gasteiger partial charge in [-0.05, 0) is 13.8 Å². The number of alkyl halides is 1. The van der Waals surface area contributed by atoms with Gasteiger partial charge in [0.2, 0.25) is 0 Å². The SMILES string of the molecule is C=CC(Cl)C(/C(Cl)=C\C)C(C)O. The summed E-state index contributed by atoms with van der Waals surface area (Å²) in [4.78, 5) is 0. The quantitative estimate of drug-likeness (QED) is 0.557. The van der Waals surface area contributed by atoms with E-state index in [1.165, 1.54) is 0 Å². The molecule has 0 rings (SSSR count). The van der Waals surface area contributed by atoms with Gasteiger partial charge < -0.3 is 5.11 Å². The van der Waals surface area contributed by atoms with Crippen molar-refractivity contribution in [1.82, 2.24) is 0 Å². The predicted octanol–water partition coefficient (Wildman–Crippen LogP) is 2.92. The minimum absolute atomic E-state index is 0.254. The van der Waals surface area contributed by atoms with Gasteiger partial charge in [-0.3, -0.25) is 0 Å². The number of hydrogen-bond donors (Lipinski definition) is 1. The number of halogens is 2. The van der Waals surface area contributed by atoms with Crippen molar-refractivity contribution in [2.24, 2.45) is 5.92 Å². The predicted molar refractivity (Wildman–Crippen MR) is 54.6 cm³/mol. The molecule has 3 heteroatoms. The van der Waals surface area contributed by atoms with Gasteiger partial charge in [0.05, 0.1) is 11.5 Å². The van der Waals surface area contributed by atoms with E-state index in [0.29, 0.717) is 5.03 Å². The van der Waals surface area contributed by atoms with E-state index in [2.05, 4.69) is 6.58 Å². The van der Waals surface area contributed by atoms with Crippen LogP contribution in [0.2, 0.25) is 0 Å². The van der Waals surface area contributed by atoms with Crippen LogP contribution in [-0.4, -0.2) is 16.6 Å². The molecule has 3 unspecified atom stereocenters. The Morgan fingerprint density at radius 3 is 2.33 bits per heavy atom. The third-order valence-electron chi connectivity index (χ3n) is 1.68. The molecule has 0 aliphatic heterocycles. The topological polar surface area (TPSA) is 20.2 Å². The minimum atomic E-state index is -0.561. The van der Waals surface area contributed by atoms with Crippen LogP contribution in [0, 0.1) is 5.92 Å². The first-order valence-electron chi connectivity index (χ1n) is 3.81. The maximum atomic E-state index is 9.36. The Morgan fingerprint density at radius 2 is 2.08 bits per heavy atom. The molecule has 0 heterocycles. The van der Waals surface area contributed by atoms with E-state index < -0.39 is 6.10 Å². The summed E-state index contributed by atoms with van der Waals surface area (Å²) < 4.78 is 0. The maximum Gasteiger partial charge on any atom is 0.0615 e. The molecule has 1 N–H and O–H groups in total. The molecule has 0 aromatic rings. The van der Waals surface area contributed by atoms with Crippen molar-refractivity contribution in [2.75, 3.05) is 0 Å². The van der Waals surface area contributed by atoms with Crippen LogP contribution in [0.1, 0.15) is 13.8 Å². The zero-order valence-electron chi connectivity index (χ0n) is 7.30. The van der Waals surface area contributed by atoms with E-state index in [-0.39, 0.29) is 11.3 Å². The summed E-state index contributed by atoms with van der Waals surface area (Å²) in [6, 6.07) is 0. The summed E-state index contributed by atoms with van der Waals surface area (Å²) in [7, 11) is 0. The molecule has 0 aromatic carbocycles. The Kier molecular flexibility index (Phi) is 5.64. The van der Waals surface area contributed by atoms with Crippen LogP contribution in [0.5, 0.6) is 0 Å². The van der Waals surface area contributed by atoms with Gasteiger partial charge in [-0.2, -0.15) is 0 Å².